The minimum Gasteiger partial charge on any atom is -0.384 e. The van der Waals surface area contributed by atoms with Crippen LogP contribution >= 0.6 is 0 Å². The van der Waals surface area contributed by atoms with Gasteiger partial charge in [0.2, 0.25) is 0 Å². The largest absolute Gasteiger partial charge is 0.384 e. The maximum Gasteiger partial charge on any atom is 0.184 e. The molecule has 3 rings (SSSR count). The summed E-state index contributed by atoms with van der Waals surface area (Å²) in [5.74, 6) is 0. The number of rotatable bonds is 2. The molecule has 0 fully saturated rings. The van der Waals surface area contributed by atoms with Crippen molar-refractivity contribution in [2.45, 2.75) is 12.2 Å². The number of aliphatic hydroxyl groups is 1. The molecule has 0 saturated carbocycles. The summed E-state index contributed by atoms with van der Waals surface area (Å²) in [4.78, 5) is 5.36. The predicted octanol–water partition coefficient (Wildman–Crippen LogP) is 2.52. The Morgan fingerprint density at radius 1 is 0.889 bits per heavy atom. The summed E-state index contributed by atoms with van der Waals surface area (Å²) in [5, 5.41) is 14.3. The predicted molar refractivity (Wildman–Crippen MR) is 69.3 cm³/mol. The maximum atomic E-state index is 10.3. The van der Waals surface area contributed by atoms with Crippen molar-refractivity contribution in [1.29, 1.82) is 0 Å². The van der Waals surface area contributed by atoms with Crippen molar-refractivity contribution in [3.05, 3.63) is 71.8 Å². The molecule has 0 unspecified atom stereocenters. The van der Waals surface area contributed by atoms with Gasteiger partial charge in [-0.3, -0.25) is 0 Å². The van der Waals surface area contributed by atoms with Crippen molar-refractivity contribution in [1.82, 2.24) is 0 Å². The summed E-state index contributed by atoms with van der Waals surface area (Å²) in [7, 11) is 0. The Morgan fingerprint density at radius 3 is 2.17 bits per heavy atom. The second-order valence-corrected chi connectivity index (χ2v) is 4.22. The SMILES string of the molecule is O[C@H]1C(c2ccccc2)=NO[C@@H]1c1ccccc1. The summed E-state index contributed by atoms with van der Waals surface area (Å²) in [6.07, 6.45) is -1.14. The number of oxime groups is 1. The Labute approximate surface area is 105 Å². The average Bonchev–Trinajstić information content (AvgIpc) is 2.83. The lowest BCUT2D eigenvalue weighted by atomic mass is 9.97. The zero-order valence-corrected chi connectivity index (χ0v) is 9.73. The molecule has 0 amide bonds. The van der Waals surface area contributed by atoms with E-state index < -0.39 is 12.2 Å². The van der Waals surface area contributed by atoms with Crippen LogP contribution in [0.1, 0.15) is 17.2 Å². The molecule has 1 heterocycles. The van der Waals surface area contributed by atoms with Gasteiger partial charge in [-0.15, -0.1) is 0 Å². The van der Waals surface area contributed by atoms with Crippen LogP contribution in [0.25, 0.3) is 0 Å². The lowest BCUT2D eigenvalue weighted by molar-refractivity contribution is 0.0206. The lowest BCUT2D eigenvalue weighted by Crippen LogP contribution is -2.23. The van der Waals surface area contributed by atoms with Gasteiger partial charge in [-0.1, -0.05) is 65.8 Å². The third kappa shape index (κ3) is 1.89. The fourth-order valence-corrected chi connectivity index (χ4v) is 2.09. The highest BCUT2D eigenvalue weighted by Crippen LogP contribution is 2.29. The van der Waals surface area contributed by atoms with Gasteiger partial charge < -0.3 is 9.94 Å². The third-order valence-corrected chi connectivity index (χ3v) is 3.03. The molecule has 0 aliphatic carbocycles. The molecular weight excluding hydrogens is 226 g/mol. The van der Waals surface area contributed by atoms with Crippen LogP contribution in [-0.2, 0) is 4.84 Å². The van der Waals surface area contributed by atoms with Gasteiger partial charge in [0.25, 0.3) is 0 Å². The van der Waals surface area contributed by atoms with Gasteiger partial charge >= 0.3 is 0 Å². The van der Waals surface area contributed by atoms with E-state index in [2.05, 4.69) is 5.16 Å². The second kappa shape index (κ2) is 4.63. The number of hydrogen-bond acceptors (Lipinski definition) is 3. The average molecular weight is 239 g/mol. The van der Waals surface area contributed by atoms with Gasteiger partial charge in [0.05, 0.1) is 0 Å². The standard InChI is InChI=1S/C15H13NO2/c17-14-13(11-7-3-1-4-8-11)16-18-15(14)12-9-5-2-6-10-12/h1-10,14-15,17H/t14-,15+/m0/s1. The fraction of sp³-hybridized carbons (Fsp3) is 0.133. The van der Waals surface area contributed by atoms with Crippen molar-refractivity contribution < 1.29 is 9.94 Å². The van der Waals surface area contributed by atoms with Crippen LogP contribution in [0, 0.1) is 0 Å². The summed E-state index contributed by atoms with van der Waals surface area (Å²) in [6.45, 7) is 0. The van der Waals surface area contributed by atoms with Crippen LogP contribution in [0.15, 0.2) is 65.8 Å². The molecule has 3 heteroatoms. The van der Waals surface area contributed by atoms with Crippen LogP contribution in [0.5, 0.6) is 0 Å². The van der Waals surface area contributed by atoms with E-state index >= 15 is 0 Å². The normalized spacial score (nSPS) is 22.4. The fourth-order valence-electron chi connectivity index (χ4n) is 2.09. The summed E-state index contributed by atoms with van der Waals surface area (Å²) >= 11 is 0. The van der Waals surface area contributed by atoms with Gasteiger partial charge in [0.1, 0.15) is 11.8 Å². The molecule has 1 aliphatic heterocycles. The molecule has 1 N–H and O–H groups in total. The highest BCUT2D eigenvalue weighted by Gasteiger charge is 2.34. The smallest absolute Gasteiger partial charge is 0.184 e. The zero-order valence-electron chi connectivity index (χ0n) is 9.73. The zero-order chi connectivity index (χ0) is 12.4. The Balaban J connectivity index is 1.87. The van der Waals surface area contributed by atoms with Gasteiger partial charge in [-0.2, -0.15) is 0 Å². The van der Waals surface area contributed by atoms with Crippen molar-refractivity contribution in [3.63, 3.8) is 0 Å². The van der Waals surface area contributed by atoms with E-state index in [9.17, 15) is 5.11 Å². The van der Waals surface area contributed by atoms with Crippen LogP contribution in [0.2, 0.25) is 0 Å². The Kier molecular flexibility index (Phi) is 2.82. The quantitative estimate of drug-likeness (QED) is 0.875. The summed E-state index contributed by atoms with van der Waals surface area (Å²) in [6, 6.07) is 19.2. The maximum absolute atomic E-state index is 10.3. The first-order chi connectivity index (χ1) is 8.86. The topological polar surface area (TPSA) is 41.8 Å². The van der Waals surface area contributed by atoms with Crippen LogP contribution in [-0.4, -0.2) is 16.9 Å². The van der Waals surface area contributed by atoms with Crippen molar-refractivity contribution >= 4 is 5.71 Å². The summed E-state index contributed by atoms with van der Waals surface area (Å²) in [5.41, 5.74) is 2.41. The molecule has 90 valence electrons. The van der Waals surface area contributed by atoms with Crippen molar-refractivity contribution in [3.8, 4) is 0 Å². The van der Waals surface area contributed by atoms with Crippen LogP contribution in [0.3, 0.4) is 0 Å². The lowest BCUT2D eigenvalue weighted by Gasteiger charge is -2.13. The molecule has 18 heavy (non-hydrogen) atoms. The first-order valence-electron chi connectivity index (χ1n) is 5.88. The van der Waals surface area contributed by atoms with Gasteiger partial charge in [-0.05, 0) is 5.56 Å². The molecule has 0 aromatic heterocycles. The van der Waals surface area contributed by atoms with Crippen LogP contribution < -0.4 is 0 Å². The number of aliphatic hydroxyl groups excluding tert-OH is 1. The summed E-state index contributed by atoms with van der Waals surface area (Å²) < 4.78 is 0. The second-order valence-electron chi connectivity index (χ2n) is 4.22. The van der Waals surface area contributed by atoms with Gasteiger partial charge in [0, 0.05) is 5.56 Å². The molecule has 2 atom stereocenters. The highest BCUT2D eigenvalue weighted by atomic mass is 16.7. The van der Waals surface area contributed by atoms with Gasteiger partial charge in [0.15, 0.2) is 6.10 Å². The van der Waals surface area contributed by atoms with E-state index in [1.807, 2.05) is 60.7 Å². The van der Waals surface area contributed by atoms with Crippen LogP contribution in [0.4, 0.5) is 0 Å². The minimum absolute atomic E-state index is 0.415. The number of benzene rings is 2. The molecule has 2 aromatic carbocycles. The Hall–Kier alpha value is -2.13. The molecule has 2 aromatic rings. The first-order valence-corrected chi connectivity index (χ1v) is 5.88. The minimum atomic E-state index is -0.727. The third-order valence-electron chi connectivity index (χ3n) is 3.03. The molecule has 3 nitrogen and oxygen atoms in total. The number of nitrogens with zero attached hydrogens (tertiary/aromatic N) is 1. The van der Waals surface area contributed by atoms with E-state index in [0.29, 0.717) is 5.71 Å². The van der Waals surface area contributed by atoms with Crippen molar-refractivity contribution in [2.75, 3.05) is 0 Å². The van der Waals surface area contributed by atoms with Gasteiger partial charge in [-0.25, -0.2) is 0 Å². The monoisotopic (exact) mass is 239 g/mol. The molecular formula is C15H13NO2. The van der Waals surface area contributed by atoms with E-state index in [0.717, 1.165) is 11.1 Å². The Bertz CT molecular complexity index is 551. The molecule has 0 saturated heterocycles. The van der Waals surface area contributed by atoms with E-state index in [4.69, 9.17) is 4.84 Å². The van der Waals surface area contributed by atoms with Crippen molar-refractivity contribution in [2.24, 2.45) is 5.16 Å². The first kappa shape index (κ1) is 11.0. The highest BCUT2D eigenvalue weighted by molar-refractivity contribution is 6.04. The molecule has 0 spiro atoms. The van der Waals surface area contributed by atoms with E-state index in [1.54, 1.807) is 0 Å². The van der Waals surface area contributed by atoms with E-state index in [1.165, 1.54) is 0 Å². The Morgan fingerprint density at radius 2 is 1.50 bits per heavy atom. The molecule has 0 radical (unpaired) electrons. The molecule has 1 aliphatic rings. The number of hydrogen-bond donors (Lipinski definition) is 1. The molecule has 0 bridgehead atoms. The van der Waals surface area contributed by atoms with E-state index in [-0.39, 0.29) is 0 Å².